The number of hydrogen-bond acceptors (Lipinski definition) is 4. The van der Waals surface area contributed by atoms with Gasteiger partial charge in [-0.05, 0) is 44.5 Å². The molecule has 0 aliphatic heterocycles. The van der Waals surface area contributed by atoms with E-state index < -0.39 is 0 Å². The van der Waals surface area contributed by atoms with Crippen LogP contribution in [0.4, 0.5) is 0 Å². The second-order valence-corrected chi connectivity index (χ2v) is 5.87. The summed E-state index contributed by atoms with van der Waals surface area (Å²) in [5, 5.41) is 0. The number of rotatable bonds is 8. The van der Waals surface area contributed by atoms with Gasteiger partial charge in [-0.1, -0.05) is 13.8 Å². The van der Waals surface area contributed by atoms with E-state index in [0.29, 0.717) is 18.7 Å². The first-order valence-corrected chi connectivity index (χ1v) is 8.02. The van der Waals surface area contributed by atoms with Gasteiger partial charge in [0, 0.05) is 18.7 Å². The van der Waals surface area contributed by atoms with E-state index in [0.717, 1.165) is 12.2 Å². The standard InChI is InChI=1S/C18H27NO4/c1-6-11-19(12-14(4)18(21)22-5)17(20)15-7-9-16(10-8-15)23-13(2)3/h7-10,13-14H,6,11-12H2,1-5H3. The molecule has 1 unspecified atom stereocenters. The number of carbonyl (C=O) groups is 2. The zero-order valence-electron chi connectivity index (χ0n) is 14.7. The van der Waals surface area contributed by atoms with Gasteiger partial charge in [0.2, 0.25) is 0 Å². The lowest BCUT2D eigenvalue weighted by atomic mass is 10.1. The number of methoxy groups -OCH3 is 1. The van der Waals surface area contributed by atoms with Crippen LogP contribution in [-0.2, 0) is 9.53 Å². The van der Waals surface area contributed by atoms with Gasteiger partial charge in [-0.15, -0.1) is 0 Å². The van der Waals surface area contributed by atoms with Crippen LogP contribution >= 0.6 is 0 Å². The fraction of sp³-hybridized carbons (Fsp3) is 0.556. The molecule has 0 saturated heterocycles. The third-order valence-electron chi connectivity index (χ3n) is 3.35. The molecule has 5 nitrogen and oxygen atoms in total. The zero-order chi connectivity index (χ0) is 17.4. The fourth-order valence-electron chi connectivity index (χ4n) is 2.28. The van der Waals surface area contributed by atoms with Crippen LogP contribution in [0.5, 0.6) is 5.75 Å². The molecule has 1 aromatic carbocycles. The average molecular weight is 321 g/mol. The SMILES string of the molecule is CCCN(CC(C)C(=O)OC)C(=O)c1ccc(OC(C)C)cc1. The lowest BCUT2D eigenvalue weighted by Gasteiger charge is -2.24. The van der Waals surface area contributed by atoms with Gasteiger partial charge in [-0.3, -0.25) is 9.59 Å². The molecule has 0 aliphatic carbocycles. The molecular formula is C18H27NO4. The van der Waals surface area contributed by atoms with E-state index in [2.05, 4.69) is 0 Å². The molecule has 0 bridgehead atoms. The Labute approximate surface area is 138 Å². The van der Waals surface area contributed by atoms with Gasteiger partial charge in [-0.25, -0.2) is 0 Å². The molecule has 0 saturated carbocycles. The maximum absolute atomic E-state index is 12.6. The van der Waals surface area contributed by atoms with Crippen molar-refractivity contribution in [1.29, 1.82) is 0 Å². The molecule has 0 spiro atoms. The summed E-state index contributed by atoms with van der Waals surface area (Å²) < 4.78 is 10.3. The van der Waals surface area contributed by atoms with E-state index in [1.54, 1.807) is 36.1 Å². The van der Waals surface area contributed by atoms with Crippen molar-refractivity contribution in [3.8, 4) is 5.75 Å². The van der Waals surface area contributed by atoms with Crippen LogP contribution in [0, 0.1) is 5.92 Å². The number of nitrogens with zero attached hydrogens (tertiary/aromatic N) is 1. The minimum absolute atomic E-state index is 0.0845. The highest BCUT2D eigenvalue weighted by Crippen LogP contribution is 2.16. The number of carbonyl (C=O) groups excluding carboxylic acids is 2. The Bertz CT molecular complexity index is 510. The Morgan fingerprint density at radius 3 is 2.22 bits per heavy atom. The highest BCUT2D eigenvalue weighted by molar-refractivity contribution is 5.94. The van der Waals surface area contributed by atoms with Crippen LogP contribution in [-0.4, -0.2) is 43.1 Å². The van der Waals surface area contributed by atoms with Gasteiger partial charge in [0.1, 0.15) is 5.75 Å². The van der Waals surface area contributed by atoms with Gasteiger partial charge in [0.25, 0.3) is 5.91 Å². The van der Waals surface area contributed by atoms with E-state index in [4.69, 9.17) is 9.47 Å². The van der Waals surface area contributed by atoms with Crippen LogP contribution in [0.25, 0.3) is 0 Å². The second kappa shape index (κ2) is 9.18. The van der Waals surface area contributed by atoms with Gasteiger partial charge < -0.3 is 14.4 Å². The third-order valence-corrected chi connectivity index (χ3v) is 3.35. The van der Waals surface area contributed by atoms with Crippen molar-refractivity contribution in [2.45, 2.75) is 40.2 Å². The van der Waals surface area contributed by atoms with Gasteiger partial charge in [0.15, 0.2) is 0 Å². The molecule has 0 N–H and O–H groups in total. The Hall–Kier alpha value is -2.04. The van der Waals surface area contributed by atoms with E-state index >= 15 is 0 Å². The molecule has 0 fully saturated rings. The number of hydrogen-bond donors (Lipinski definition) is 0. The highest BCUT2D eigenvalue weighted by Gasteiger charge is 2.22. The minimum Gasteiger partial charge on any atom is -0.491 e. The maximum atomic E-state index is 12.6. The predicted octanol–water partition coefficient (Wildman–Crippen LogP) is 3.14. The number of esters is 1. The van der Waals surface area contributed by atoms with Crippen molar-refractivity contribution in [1.82, 2.24) is 4.90 Å². The summed E-state index contributed by atoms with van der Waals surface area (Å²) in [4.78, 5) is 25.9. The van der Waals surface area contributed by atoms with Crippen molar-refractivity contribution < 1.29 is 19.1 Å². The Kier molecular flexibility index (Phi) is 7.59. The molecule has 5 heteroatoms. The Balaban J connectivity index is 2.82. The first-order chi connectivity index (χ1) is 10.9. The average Bonchev–Trinajstić information content (AvgIpc) is 2.53. The van der Waals surface area contributed by atoms with Crippen molar-refractivity contribution in [3.05, 3.63) is 29.8 Å². The molecule has 0 heterocycles. The highest BCUT2D eigenvalue weighted by atomic mass is 16.5. The van der Waals surface area contributed by atoms with Crippen LogP contribution in [0.2, 0.25) is 0 Å². The van der Waals surface area contributed by atoms with Crippen LogP contribution in [0.3, 0.4) is 0 Å². The van der Waals surface area contributed by atoms with Crippen LogP contribution in [0.1, 0.15) is 44.5 Å². The molecule has 0 aromatic heterocycles. The van der Waals surface area contributed by atoms with Gasteiger partial charge in [0.05, 0.1) is 19.1 Å². The topological polar surface area (TPSA) is 55.8 Å². The summed E-state index contributed by atoms with van der Waals surface area (Å²) in [6, 6.07) is 7.10. The summed E-state index contributed by atoms with van der Waals surface area (Å²) in [6.45, 7) is 8.63. The molecule has 1 amide bonds. The zero-order valence-corrected chi connectivity index (χ0v) is 14.7. The molecule has 128 valence electrons. The summed E-state index contributed by atoms with van der Waals surface area (Å²) >= 11 is 0. The lowest BCUT2D eigenvalue weighted by Crippen LogP contribution is -2.37. The Morgan fingerprint density at radius 2 is 1.74 bits per heavy atom. The van der Waals surface area contributed by atoms with E-state index in [-0.39, 0.29) is 23.9 Å². The fourth-order valence-corrected chi connectivity index (χ4v) is 2.28. The third kappa shape index (κ3) is 5.93. The normalized spacial score (nSPS) is 11.9. The van der Waals surface area contributed by atoms with Crippen molar-refractivity contribution in [2.24, 2.45) is 5.92 Å². The molecule has 0 aliphatic rings. The summed E-state index contributed by atoms with van der Waals surface area (Å²) in [7, 11) is 1.36. The van der Waals surface area contributed by atoms with Crippen LogP contribution in [0.15, 0.2) is 24.3 Å². The second-order valence-electron chi connectivity index (χ2n) is 5.87. The summed E-state index contributed by atoms with van der Waals surface area (Å²) in [6.07, 6.45) is 0.919. The van der Waals surface area contributed by atoms with E-state index in [1.165, 1.54) is 7.11 Å². The first kappa shape index (κ1) is 19.0. The van der Waals surface area contributed by atoms with Gasteiger partial charge in [-0.2, -0.15) is 0 Å². The molecule has 1 atom stereocenters. The molecule has 23 heavy (non-hydrogen) atoms. The van der Waals surface area contributed by atoms with Crippen LogP contribution < -0.4 is 4.74 Å². The quantitative estimate of drug-likeness (QED) is 0.690. The van der Waals surface area contributed by atoms with Crippen molar-refractivity contribution in [3.63, 3.8) is 0 Å². The lowest BCUT2D eigenvalue weighted by molar-refractivity contribution is -0.145. The summed E-state index contributed by atoms with van der Waals surface area (Å²) in [5.74, 6) is -0.00106. The molecule has 1 rings (SSSR count). The first-order valence-electron chi connectivity index (χ1n) is 8.02. The number of benzene rings is 1. The minimum atomic E-state index is -0.348. The van der Waals surface area contributed by atoms with Crippen molar-refractivity contribution in [2.75, 3.05) is 20.2 Å². The number of ether oxygens (including phenoxy) is 2. The summed E-state index contributed by atoms with van der Waals surface area (Å²) in [5.41, 5.74) is 0.589. The van der Waals surface area contributed by atoms with Crippen molar-refractivity contribution >= 4 is 11.9 Å². The van der Waals surface area contributed by atoms with Gasteiger partial charge >= 0.3 is 5.97 Å². The maximum Gasteiger partial charge on any atom is 0.310 e. The molecular weight excluding hydrogens is 294 g/mol. The van der Waals surface area contributed by atoms with E-state index in [9.17, 15) is 9.59 Å². The monoisotopic (exact) mass is 321 g/mol. The molecule has 1 aromatic rings. The molecule has 0 radical (unpaired) electrons. The smallest absolute Gasteiger partial charge is 0.310 e. The predicted molar refractivity (Wildman–Crippen MR) is 89.6 cm³/mol. The number of amides is 1. The largest absolute Gasteiger partial charge is 0.491 e. The van der Waals surface area contributed by atoms with E-state index in [1.807, 2.05) is 20.8 Å². The Morgan fingerprint density at radius 1 is 1.13 bits per heavy atom.